The van der Waals surface area contributed by atoms with Crippen molar-refractivity contribution in [3.05, 3.63) is 47.4 Å². The molecule has 0 aliphatic carbocycles. The topological polar surface area (TPSA) is 63.1 Å². The first-order chi connectivity index (χ1) is 9.47. The lowest BCUT2D eigenvalue weighted by Crippen LogP contribution is -2.03. The Labute approximate surface area is 114 Å². The summed E-state index contributed by atoms with van der Waals surface area (Å²) in [6, 6.07) is 3.47. The van der Waals surface area contributed by atoms with E-state index in [2.05, 4.69) is 9.97 Å². The summed E-state index contributed by atoms with van der Waals surface area (Å²) >= 11 is 0. The maximum atomic E-state index is 13.3. The standard InChI is InChI=1S/C14H12F2N2O2/c1-8-17-7-10(3-5-13(19)20)14(18-8)9-2-4-11(15)12(16)6-9/h2,4,6-7H,3,5H2,1H3,(H,19,20). The van der Waals surface area contributed by atoms with Gasteiger partial charge in [0.15, 0.2) is 11.6 Å². The summed E-state index contributed by atoms with van der Waals surface area (Å²) in [4.78, 5) is 18.8. The van der Waals surface area contributed by atoms with Crippen LogP contribution in [-0.4, -0.2) is 21.0 Å². The van der Waals surface area contributed by atoms with Gasteiger partial charge in [-0.15, -0.1) is 0 Å². The van der Waals surface area contributed by atoms with Crippen LogP contribution in [0.2, 0.25) is 0 Å². The Kier molecular flexibility index (Phi) is 4.02. The van der Waals surface area contributed by atoms with E-state index in [0.717, 1.165) is 12.1 Å². The van der Waals surface area contributed by atoms with Gasteiger partial charge in [0.1, 0.15) is 5.82 Å². The van der Waals surface area contributed by atoms with Gasteiger partial charge in [-0.25, -0.2) is 18.7 Å². The lowest BCUT2D eigenvalue weighted by atomic mass is 10.0. The molecule has 0 fully saturated rings. The smallest absolute Gasteiger partial charge is 0.303 e. The molecule has 20 heavy (non-hydrogen) atoms. The van der Waals surface area contributed by atoms with Gasteiger partial charge in [0.25, 0.3) is 0 Å². The predicted octanol–water partition coefficient (Wildman–Crippen LogP) is 2.75. The number of halogens is 2. The third-order valence-corrected chi connectivity index (χ3v) is 2.79. The fourth-order valence-electron chi connectivity index (χ4n) is 1.81. The zero-order valence-electron chi connectivity index (χ0n) is 10.7. The molecule has 0 spiro atoms. The summed E-state index contributed by atoms with van der Waals surface area (Å²) in [6.07, 6.45) is 1.66. The number of hydrogen-bond donors (Lipinski definition) is 1. The first-order valence-electron chi connectivity index (χ1n) is 5.97. The van der Waals surface area contributed by atoms with Gasteiger partial charge in [-0.05, 0) is 37.1 Å². The number of carbonyl (C=O) groups is 1. The molecule has 104 valence electrons. The van der Waals surface area contributed by atoms with E-state index in [0.29, 0.717) is 22.6 Å². The van der Waals surface area contributed by atoms with E-state index in [1.807, 2.05) is 0 Å². The van der Waals surface area contributed by atoms with Crippen LogP contribution >= 0.6 is 0 Å². The number of rotatable bonds is 4. The largest absolute Gasteiger partial charge is 0.481 e. The van der Waals surface area contributed by atoms with E-state index in [9.17, 15) is 13.6 Å². The number of aromatic nitrogens is 2. The molecule has 1 N–H and O–H groups in total. The summed E-state index contributed by atoms with van der Waals surface area (Å²) < 4.78 is 26.3. The molecule has 1 aromatic heterocycles. The lowest BCUT2D eigenvalue weighted by molar-refractivity contribution is -0.136. The molecule has 4 nitrogen and oxygen atoms in total. The predicted molar refractivity (Wildman–Crippen MR) is 68.1 cm³/mol. The quantitative estimate of drug-likeness (QED) is 0.934. The Morgan fingerprint density at radius 3 is 2.70 bits per heavy atom. The molecule has 1 aromatic carbocycles. The lowest BCUT2D eigenvalue weighted by Gasteiger charge is -2.09. The molecule has 1 heterocycles. The summed E-state index contributed by atoms with van der Waals surface area (Å²) in [5, 5.41) is 8.72. The second-order valence-corrected chi connectivity index (χ2v) is 4.31. The third kappa shape index (κ3) is 3.14. The molecule has 2 rings (SSSR count). The van der Waals surface area contributed by atoms with Gasteiger partial charge in [-0.1, -0.05) is 0 Å². The van der Waals surface area contributed by atoms with Crippen molar-refractivity contribution in [2.75, 3.05) is 0 Å². The minimum Gasteiger partial charge on any atom is -0.481 e. The van der Waals surface area contributed by atoms with E-state index in [1.54, 1.807) is 6.92 Å². The molecule has 0 bridgehead atoms. The van der Waals surface area contributed by atoms with Crippen LogP contribution in [0.25, 0.3) is 11.3 Å². The number of carboxylic acid groups (broad SMARTS) is 1. The van der Waals surface area contributed by atoms with E-state index in [4.69, 9.17) is 5.11 Å². The molecule has 0 amide bonds. The molecular weight excluding hydrogens is 266 g/mol. The highest BCUT2D eigenvalue weighted by Gasteiger charge is 2.12. The SMILES string of the molecule is Cc1ncc(CCC(=O)O)c(-c2ccc(F)c(F)c2)n1. The van der Waals surface area contributed by atoms with Crippen LogP contribution in [0.3, 0.4) is 0 Å². The van der Waals surface area contributed by atoms with Crippen LogP contribution < -0.4 is 0 Å². The van der Waals surface area contributed by atoms with Crippen molar-refractivity contribution >= 4 is 5.97 Å². The second kappa shape index (κ2) is 5.73. The van der Waals surface area contributed by atoms with Crippen LogP contribution in [0.4, 0.5) is 8.78 Å². The maximum Gasteiger partial charge on any atom is 0.303 e. The molecule has 0 saturated heterocycles. The Bertz CT molecular complexity index is 660. The summed E-state index contributed by atoms with van der Waals surface area (Å²) in [6.45, 7) is 1.67. The van der Waals surface area contributed by atoms with Gasteiger partial charge in [0.05, 0.1) is 5.69 Å². The van der Waals surface area contributed by atoms with Crippen LogP contribution in [-0.2, 0) is 11.2 Å². The summed E-state index contributed by atoms with van der Waals surface area (Å²) in [5.74, 6) is -2.37. The zero-order chi connectivity index (χ0) is 14.7. The monoisotopic (exact) mass is 278 g/mol. The van der Waals surface area contributed by atoms with Crippen molar-refractivity contribution < 1.29 is 18.7 Å². The highest BCUT2D eigenvalue weighted by atomic mass is 19.2. The number of benzene rings is 1. The average Bonchev–Trinajstić information content (AvgIpc) is 2.40. The van der Waals surface area contributed by atoms with Gasteiger partial charge in [-0.3, -0.25) is 4.79 Å². The van der Waals surface area contributed by atoms with E-state index < -0.39 is 17.6 Å². The number of hydrogen-bond acceptors (Lipinski definition) is 3. The van der Waals surface area contributed by atoms with E-state index in [-0.39, 0.29) is 12.8 Å². The van der Waals surface area contributed by atoms with Crippen LogP contribution in [0.1, 0.15) is 17.8 Å². The first kappa shape index (κ1) is 14.0. The van der Waals surface area contributed by atoms with Gasteiger partial charge in [-0.2, -0.15) is 0 Å². The molecule has 6 heteroatoms. The van der Waals surface area contributed by atoms with Gasteiger partial charge < -0.3 is 5.11 Å². The normalized spacial score (nSPS) is 10.6. The molecular formula is C14H12F2N2O2. The number of aryl methyl sites for hydroxylation is 2. The molecule has 2 aromatic rings. The molecule has 0 aliphatic rings. The first-order valence-corrected chi connectivity index (χ1v) is 5.97. The molecule has 0 atom stereocenters. The average molecular weight is 278 g/mol. The van der Waals surface area contributed by atoms with Gasteiger partial charge >= 0.3 is 5.97 Å². The highest BCUT2D eigenvalue weighted by molar-refractivity contribution is 5.68. The van der Waals surface area contributed by atoms with Crippen molar-refractivity contribution in [1.29, 1.82) is 0 Å². The minimum atomic E-state index is -0.969. The highest BCUT2D eigenvalue weighted by Crippen LogP contribution is 2.24. The van der Waals surface area contributed by atoms with Crippen molar-refractivity contribution in [1.82, 2.24) is 9.97 Å². The number of nitrogens with zero attached hydrogens (tertiary/aromatic N) is 2. The Balaban J connectivity index is 2.44. The van der Waals surface area contributed by atoms with Crippen molar-refractivity contribution in [2.24, 2.45) is 0 Å². The molecule has 0 aliphatic heterocycles. The van der Waals surface area contributed by atoms with E-state index in [1.165, 1.54) is 12.3 Å². The van der Waals surface area contributed by atoms with Crippen molar-refractivity contribution in [3.63, 3.8) is 0 Å². The van der Waals surface area contributed by atoms with Crippen molar-refractivity contribution in [3.8, 4) is 11.3 Å². The van der Waals surface area contributed by atoms with Crippen molar-refractivity contribution in [2.45, 2.75) is 19.8 Å². The van der Waals surface area contributed by atoms with Crippen LogP contribution in [0, 0.1) is 18.6 Å². The number of carboxylic acids is 1. The number of aliphatic carboxylic acids is 1. The summed E-state index contributed by atoms with van der Waals surface area (Å²) in [5.41, 5.74) is 1.41. The van der Waals surface area contributed by atoms with Crippen LogP contribution in [0.15, 0.2) is 24.4 Å². The Morgan fingerprint density at radius 1 is 1.30 bits per heavy atom. The minimum absolute atomic E-state index is 0.0803. The Hall–Kier alpha value is -2.37. The molecule has 0 saturated carbocycles. The summed E-state index contributed by atoms with van der Waals surface area (Å²) in [7, 11) is 0. The maximum absolute atomic E-state index is 13.3. The van der Waals surface area contributed by atoms with Gasteiger partial charge in [0.2, 0.25) is 0 Å². The fraction of sp³-hybridized carbons (Fsp3) is 0.214. The fourth-order valence-corrected chi connectivity index (χ4v) is 1.81. The van der Waals surface area contributed by atoms with Gasteiger partial charge in [0, 0.05) is 18.2 Å². The van der Waals surface area contributed by atoms with E-state index >= 15 is 0 Å². The third-order valence-electron chi connectivity index (χ3n) is 2.79. The Morgan fingerprint density at radius 2 is 2.05 bits per heavy atom. The zero-order valence-corrected chi connectivity index (χ0v) is 10.7. The van der Waals surface area contributed by atoms with Crippen LogP contribution in [0.5, 0.6) is 0 Å². The molecule has 0 radical (unpaired) electrons. The molecule has 0 unspecified atom stereocenters. The second-order valence-electron chi connectivity index (χ2n) is 4.31.